The van der Waals surface area contributed by atoms with Crippen LogP contribution in [0.4, 0.5) is 0 Å². The first-order chi connectivity index (χ1) is 8.77. The molecule has 1 atom stereocenters. The van der Waals surface area contributed by atoms with E-state index >= 15 is 0 Å². The summed E-state index contributed by atoms with van der Waals surface area (Å²) in [5.74, 6) is -0.0824. The molecule has 98 valence electrons. The van der Waals surface area contributed by atoms with Gasteiger partial charge in [-0.15, -0.1) is 0 Å². The Kier molecular flexibility index (Phi) is 4.31. The van der Waals surface area contributed by atoms with Crippen LogP contribution < -0.4 is 5.32 Å². The van der Waals surface area contributed by atoms with Gasteiger partial charge in [0.05, 0.1) is 12.0 Å². The molecule has 1 aliphatic heterocycles. The Bertz CT molecular complexity index is 386. The van der Waals surface area contributed by atoms with Crippen molar-refractivity contribution < 1.29 is 9.53 Å². The normalized spacial score (nSPS) is 23.6. The largest absolute Gasteiger partial charge is 0.466 e. The molecule has 4 nitrogen and oxygen atoms in total. The van der Waals surface area contributed by atoms with Crippen molar-refractivity contribution >= 4 is 5.97 Å². The molecule has 1 aliphatic rings. The predicted octanol–water partition coefficient (Wildman–Crippen LogP) is 1.56. The van der Waals surface area contributed by atoms with Crippen molar-refractivity contribution in [3.63, 3.8) is 0 Å². The van der Waals surface area contributed by atoms with Crippen LogP contribution >= 0.6 is 0 Å². The lowest BCUT2D eigenvalue weighted by Crippen LogP contribution is -2.47. The van der Waals surface area contributed by atoms with Crippen molar-refractivity contribution in [3.8, 4) is 0 Å². The van der Waals surface area contributed by atoms with E-state index in [0.717, 1.165) is 24.9 Å². The molecule has 18 heavy (non-hydrogen) atoms. The summed E-state index contributed by atoms with van der Waals surface area (Å²) in [6.45, 7) is 3.97. The summed E-state index contributed by atoms with van der Waals surface area (Å²) < 4.78 is 5.26. The van der Waals surface area contributed by atoms with Gasteiger partial charge in [0.2, 0.25) is 0 Å². The average molecular weight is 248 g/mol. The number of carbonyl (C=O) groups is 1. The van der Waals surface area contributed by atoms with E-state index in [1.54, 1.807) is 6.20 Å². The number of hydrogen-bond acceptors (Lipinski definition) is 4. The molecule has 1 saturated heterocycles. The van der Waals surface area contributed by atoms with Crippen molar-refractivity contribution in [2.45, 2.75) is 26.2 Å². The zero-order valence-electron chi connectivity index (χ0n) is 10.8. The maximum Gasteiger partial charge on any atom is 0.313 e. The van der Waals surface area contributed by atoms with Crippen molar-refractivity contribution in [3.05, 3.63) is 30.1 Å². The number of esters is 1. The lowest BCUT2D eigenvalue weighted by atomic mass is 9.76. The van der Waals surface area contributed by atoms with E-state index in [-0.39, 0.29) is 5.97 Å². The van der Waals surface area contributed by atoms with Crippen molar-refractivity contribution in [2.75, 3.05) is 19.7 Å². The number of nitrogens with zero attached hydrogens (tertiary/aromatic N) is 1. The molecule has 2 heterocycles. The quantitative estimate of drug-likeness (QED) is 0.822. The number of hydrogen-bond donors (Lipinski definition) is 1. The highest BCUT2D eigenvalue weighted by Crippen LogP contribution is 2.32. The van der Waals surface area contributed by atoms with E-state index < -0.39 is 5.41 Å². The van der Waals surface area contributed by atoms with Gasteiger partial charge >= 0.3 is 5.97 Å². The number of pyridine rings is 1. The van der Waals surface area contributed by atoms with Gasteiger partial charge in [-0.05, 0) is 44.4 Å². The molecule has 1 aromatic heterocycles. The van der Waals surface area contributed by atoms with Gasteiger partial charge in [0.25, 0.3) is 0 Å². The van der Waals surface area contributed by atoms with Gasteiger partial charge in [0, 0.05) is 18.9 Å². The molecule has 0 unspecified atom stereocenters. The monoisotopic (exact) mass is 248 g/mol. The number of carbonyl (C=O) groups excluding carboxylic acids is 1. The number of ether oxygens (including phenoxy) is 1. The zero-order chi connectivity index (χ0) is 12.8. The van der Waals surface area contributed by atoms with Gasteiger partial charge < -0.3 is 10.1 Å². The molecule has 0 aliphatic carbocycles. The SMILES string of the molecule is CCOC(=O)[C@]1(Cc2cccnc2)CCCNC1. The summed E-state index contributed by atoms with van der Waals surface area (Å²) >= 11 is 0. The van der Waals surface area contributed by atoms with Crippen LogP contribution in [0.25, 0.3) is 0 Å². The molecular formula is C14H20N2O2. The Morgan fingerprint density at radius 1 is 1.61 bits per heavy atom. The van der Waals surface area contributed by atoms with E-state index in [4.69, 9.17) is 4.74 Å². The average Bonchev–Trinajstić information content (AvgIpc) is 2.41. The second-order valence-electron chi connectivity index (χ2n) is 4.82. The summed E-state index contributed by atoms with van der Waals surface area (Å²) in [6, 6.07) is 3.92. The molecule has 0 spiro atoms. The first-order valence-corrected chi connectivity index (χ1v) is 6.54. The fraction of sp³-hybridized carbons (Fsp3) is 0.571. The lowest BCUT2D eigenvalue weighted by molar-refractivity contribution is -0.156. The second-order valence-corrected chi connectivity index (χ2v) is 4.82. The van der Waals surface area contributed by atoms with Crippen molar-refractivity contribution in [1.29, 1.82) is 0 Å². The molecule has 4 heteroatoms. The fourth-order valence-electron chi connectivity index (χ4n) is 2.54. The number of rotatable bonds is 4. The van der Waals surface area contributed by atoms with Crippen LogP contribution in [-0.4, -0.2) is 30.6 Å². The van der Waals surface area contributed by atoms with E-state index in [9.17, 15) is 4.79 Å². The predicted molar refractivity (Wildman–Crippen MR) is 69.1 cm³/mol. The van der Waals surface area contributed by atoms with Crippen LogP contribution in [0.3, 0.4) is 0 Å². The van der Waals surface area contributed by atoms with Crippen LogP contribution in [0.2, 0.25) is 0 Å². The Hall–Kier alpha value is -1.42. The molecule has 2 rings (SSSR count). The molecule has 0 radical (unpaired) electrons. The summed E-state index contributed by atoms with van der Waals surface area (Å²) in [5, 5.41) is 3.31. The molecular weight excluding hydrogens is 228 g/mol. The smallest absolute Gasteiger partial charge is 0.313 e. The summed E-state index contributed by atoms with van der Waals surface area (Å²) in [7, 11) is 0. The van der Waals surface area contributed by atoms with Gasteiger partial charge in [0.1, 0.15) is 0 Å². The number of aromatic nitrogens is 1. The second kappa shape index (κ2) is 5.96. The Balaban J connectivity index is 2.16. The Labute approximate surface area is 108 Å². The standard InChI is InChI=1S/C14H20N2O2/c1-2-18-13(17)14(6-4-8-16-11-14)9-12-5-3-7-15-10-12/h3,5,7,10,16H,2,4,6,8-9,11H2,1H3/t14-/m0/s1. The van der Waals surface area contributed by atoms with Gasteiger partial charge in [-0.25, -0.2) is 0 Å². The summed E-state index contributed by atoms with van der Waals surface area (Å²) in [5.41, 5.74) is 0.673. The van der Waals surface area contributed by atoms with E-state index in [2.05, 4.69) is 10.3 Å². The molecule has 0 aromatic carbocycles. The van der Waals surface area contributed by atoms with Gasteiger partial charge in [0.15, 0.2) is 0 Å². The number of nitrogens with one attached hydrogen (secondary N) is 1. The van der Waals surface area contributed by atoms with E-state index in [1.807, 2.05) is 25.3 Å². The highest BCUT2D eigenvalue weighted by molar-refractivity contribution is 5.77. The molecule has 0 amide bonds. The summed E-state index contributed by atoms with van der Waals surface area (Å²) in [6.07, 6.45) is 6.18. The molecule has 1 N–H and O–H groups in total. The van der Waals surface area contributed by atoms with E-state index in [0.29, 0.717) is 19.6 Å². The minimum absolute atomic E-state index is 0.0824. The Morgan fingerprint density at radius 2 is 2.50 bits per heavy atom. The van der Waals surface area contributed by atoms with Crippen molar-refractivity contribution in [2.24, 2.45) is 5.41 Å². The van der Waals surface area contributed by atoms with Crippen LogP contribution in [0, 0.1) is 5.41 Å². The highest BCUT2D eigenvalue weighted by Gasteiger charge is 2.41. The maximum atomic E-state index is 12.2. The van der Waals surface area contributed by atoms with Crippen molar-refractivity contribution in [1.82, 2.24) is 10.3 Å². The zero-order valence-corrected chi connectivity index (χ0v) is 10.8. The topological polar surface area (TPSA) is 51.2 Å². The summed E-state index contributed by atoms with van der Waals surface area (Å²) in [4.78, 5) is 16.4. The minimum Gasteiger partial charge on any atom is -0.466 e. The van der Waals surface area contributed by atoms with E-state index in [1.165, 1.54) is 0 Å². The number of piperidine rings is 1. The van der Waals surface area contributed by atoms with Gasteiger partial charge in [-0.2, -0.15) is 0 Å². The molecule has 0 bridgehead atoms. The molecule has 1 fully saturated rings. The van der Waals surface area contributed by atoms with Gasteiger partial charge in [-0.1, -0.05) is 6.07 Å². The lowest BCUT2D eigenvalue weighted by Gasteiger charge is -2.35. The van der Waals surface area contributed by atoms with Crippen LogP contribution in [-0.2, 0) is 16.0 Å². The fourth-order valence-corrected chi connectivity index (χ4v) is 2.54. The van der Waals surface area contributed by atoms with Gasteiger partial charge in [-0.3, -0.25) is 9.78 Å². The van der Waals surface area contributed by atoms with Crippen LogP contribution in [0.15, 0.2) is 24.5 Å². The molecule has 0 saturated carbocycles. The third-order valence-corrected chi connectivity index (χ3v) is 3.45. The van der Waals surface area contributed by atoms with Crippen LogP contribution in [0.1, 0.15) is 25.3 Å². The van der Waals surface area contributed by atoms with Crippen LogP contribution in [0.5, 0.6) is 0 Å². The third kappa shape index (κ3) is 2.88. The minimum atomic E-state index is -0.419. The molecule has 1 aromatic rings. The first-order valence-electron chi connectivity index (χ1n) is 6.54. The first kappa shape index (κ1) is 13.0. The maximum absolute atomic E-state index is 12.2. The third-order valence-electron chi connectivity index (χ3n) is 3.45. The highest BCUT2D eigenvalue weighted by atomic mass is 16.5. The Morgan fingerprint density at radius 3 is 3.11 bits per heavy atom.